The third-order valence-electron chi connectivity index (χ3n) is 4.42. The summed E-state index contributed by atoms with van der Waals surface area (Å²) in [6, 6.07) is 4.94. The molecule has 6 heteroatoms. The number of nitrogens with two attached hydrogens (primary N) is 1. The second kappa shape index (κ2) is 7.70. The SMILES string of the molecule is Cc1ccc(C(N)CN2CCN(C(=O)OC(C)(C)C)[C@H](C)C2)cc1F. The number of carbonyl (C=O) groups is 1. The standard InChI is InChI=1S/C19H30FN3O2/c1-13-6-7-15(10-16(13)20)17(21)12-22-8-9-23(14(2)11-22)18(24)25-19(3,4)5/h6-7,10,14,17H,8-9,11-12,21H2,1-5H3/t14-,17?/m1/s1. The zero-order chi connectivity index (χ0) is 18.8. The number of aryl methyl sites for hydroxylation is 1. The van der Waals surface area contributed by atoms with Gasteiger partial charge < -0.3 is 15.4 Å². The van der Waals surface area contributed by atoms with Gasteiger partial charge in [0.2, 0.25) is 0 Å². The zero-order valence-electron chi connectivity index (χ0n) is 15.9. The summed E-state index contributed by atoms with van der Waals surface area (Å²) in [4.78, 5) is 16.2. The average molecular weight is 351 g/mol. The molecule has 1 aromatic carbocycles. The first kappa shape index (κ1) is 19.7. The lowest BCUT2D eigenvalue weighted by Crippen LogP contribution is -2.55. The summed E-state index contributed by atoms with van der Waals surface area (Å²) in [5.74, 6) is -0.226. The van der Waals surface area contributed by atoms with Gasteiger partial charge >= 0.3 is 6.09 Å². The number of amides is 1. The van der Waals surface area contributed by atoms with E-state index in [4.69, 9.17) is 10.5 Å². The molecule has 1 fully saturated rings. The quantitative estimate of drug-likeness (QED) is 0.909. The van der Waals surface area contributed by atoms with Crippen molar-refractivity contribution >= 4 is 6.09 Å². The van der Waals surface area contributed by atoms with Crippen molar-refractivity contribution < 1.29 is 13.9 Å². The van der Waals surface area contributed by atoms with Gasteiger partial charge in [0.25, 0.3) is 0 Å². The molecule has 0 aromatic heterocycles. The first-order valence-corrected chi connectivity index (χ1v) is 8.80. The molecule has 1 heterocycles. The lowest BCUT2D eigenvalue weighted by atomic mass is 10.0. The topological polar surface area (TPSA) is 58.8 Å². The first-order chi connectivity index (χ1) is 11.6. The number of rotatable bonds is 3. The Morgan fingerprint density at radius 2 is 2.08 bits per heavy atom. The van der Waals surface area contributed by atoms with E-state index in [1.165, 1.54) is 6.07 Å². The molecule has 5 nitrogen and oxygen atoms in total. The van der Waals surface area contributed by atoms with Crippen molar-refractivity contribution in [2.24, 2.45) is 5.73 Å². The summed E-state index contributed by atoms with van der Waals surface area (Å²) in [7, 11) is 0. The van der Waals surface area contributed by atoms with Crippen LogP contribution in [0.15, 0.2) is 18.2 Å². The smallest absolute Gasteiger partial charge is 0.410 e. The Bertz CT molecular complexity index is 615. The number of ether oxygens (including phenoxy) is 1. The summed E-state index contributed by atoms with van der Waals surface area (Å²) in [5.41, 5.74) is 7.18. The van der Waals surface area contributed by atoms with Crippen molar-refractivity contribution in [3.8, 4) is 0 Å². The highest BCUT2D eigenvalue weighted by Crippen LogP contribution is 2.19. The van der Waals surface area contributed by atoms with E-state index in [2.05, 4.69) is 4.90 Å². The molecular weight excluding hydrogens is 321 g/mol. The summed E-state index contributed by atoms with van der Waals surface area (Å²) in [6.07, 6.45) is -0.274. The summed E-state index contributed by atoms with van der Waals surface area (Å²) in [6.45, 7) is 12.0. The van der Waals surface area contributed by atoms with Gasteiger partial charge in [0, 0.05) is 38.3 Å². The van der Waals surface area contributed by atoms with Gasteiger partial charge in [-0.05, 0) is 51.8 Å². The van der Waals surface area contributed by atoms with Gasteiger partial charge in [-0.1, -0.05) is 12.1 Å². The van der Waals surface area contributed by atoms with Crippen LogP contribution in [0.5, 0.6) is 0 Å². The van der Waals surface area contributed by atoms with Crippen molar-refractivity contribution in [1.29, 1.82) is 0 Å². The summed E-state index contributed by atoms with van der Waals surface area (Å²) >= 11 is 0. The number of benzene rings is 1. The molecule has 1 aromatic rings. The van der Waals surface area contributed by atoms with E-state index in [0.717, 1.165) is 18.7 Å². The molecule has 2 atom stereocenters. The van der Waals surface area contributed by atoms with Gasteiger partial charge in [-0.25, -0.2) is 9.18 Å². The molecule has 0 bridgehead atoms. The normalized spacial score (nSPS) is 20.4. The Morgan fingerprint density at radius 3 is 2.64 bits per heavy atom. The number of nitrogens with zero attached hydrogens (tertiary/aromatic N) is 2. The molecule has 25 heavy (non-hydrogen) atoms. The van der Waals surface area contributed by atoms with Crippen LogP contribution in [0.4, 0.5) is 9.18 Å². The molecule has 0 aliphatic carbocycles. The van der Waals surface area contributed by atoms with Crippen LogP contribution < -0.4 is 5.73 Å². The first-order valence-electron chi connectivity index (χ1n) is 8.80. The number of halogens is 1. The van der Waals surface area contributed by atoms with Gasteiger partial charge in [0.05, 0.1) is 0 Å². The maximum absolute atomic E-state index is 13.7. The molecule has 0 radical (unpaired) electrons. The van der Waals surface area contributed by atoms with Crippen LogP contribution in [0, 0.1) is 12.7 Å². The predicted octanol–water partition coefficient (Wildman–Crippen LogP) is 3.08. The van der Waals surface area contributed by atoms with Crippen LogP contribution in [0.3, 0.4) is 0 Å². The predicted molar refractivity (Wildman–Crippen MR) is 96.9 cm³/mol. The zero-order valence-corrected chi connectivity index (χ0v) is 15.9. The van der Waals surface area contributed by atoms with Crippen LogP contribution in [-0.4, -0.2) is 53.7 Å². The van der Waals surface area contributed by atoms with E-state index in [1.807, 2.05) is 33.8 Å². The van der Waals surface area contributed by atoms with Gasteiger partial charge in [-0.3, -0.25) is 4.90 Å². The minimum Gasteiger partial charge on any atom is -0.444 e. The van der Waals surface area contributed by atoms with Gasteiger partial charge in [-0.2, -0.15) is 0 Å². The summed E-state index contributed by atoms with van der Waals surface area (Å²) < 4.78 is 19.2. The van der Waals surface area contributed by atoms with Crippen molar-refractivity contribution in [1.82, 2.24) is 9.80 Å². The van der Waals surface area contributed by atoms with E-state index in [9.17, 15) is 9.18 Å². The molecule has 1 aliphatic heterocycles. The van der Waals surface area contributed by atoms with Crippen molar-refractivity contribution in [3.63, 3.8) is 0 Å². The number of carbonyl (C=O) groups excluding carboxylic acids is 1. The third kappa shape index (κ3) is 5.41. The second-order valence-corrected chi connectivity index (χ2v) is 7.90. The second-order valence-electron chi connectivity index (χ2n) is 7.90. The molecule has 2 rings (SSSR count). The fourth-order valence-electron chi connectivity index (χ4n) is 3.01. The average Bonchev–Trinajstić information content (AvgIpc) is 2.48. The highest BCUT2D eigenvalue weighted by Gasteiger charge is 2.31. The number of hydrogen-bond donors (Lipinski definition) is 1. The van der Waals surface area contributed by atoms with E-state index in [1.54, 1.807) is 17.9 Å². The molecule has 1 amide bonds. The van der Waals surface area contributed by atoms with E-state index in [-0.39, 0.29) is 24.0 Å². The molecule has 140 valence electrons. The Kier molecular flexibility index (Phi) is 6.06. The van der Waals surface area contributed by atoms with Crippen molar-refractivity contribution in [2.75, 3.05) is 26.2 Å². The van der Waals surface area contributed by atoms with Crippen LogP contribution in [0.2, 0.25) is 0 Å². The Morgan fingerprint density at radius 1 is 1.40 bits per heavy atom. The molecule has 1 aliphatic rings. The molecule has 0 spiro atoms. The highest BCUT2D eigenvalue weighted by molar-refractivity contribution is 5.68. The third-order valence-corrected chi connectivity index (χ3v) is 4.42. The maximum atomic E-state index is 13.7. The van der Waals surface area contributed by atoms with Crippen LogP contribution in [-0.2, 0) is 4.74 Å². The van der Waals surface area contributed by atoms with Gasteiger partial charge in [-0.15, -0.1) is 0 Å². The van der Waals surface area contributed by atoms with Gasteiger partial charge in [0.15, 0.2) is 0 Å². The lowest BCUT2D eigenvalue weighted by molar-refractivity contribution is 0.000915. The van der Waals surface area contributed by atoms with E-state index < -0.39 is 5.60 Å². The van der Waals surface area contributed by atoms with E-state index >= 15 is 0 Å². The maximum Gasteiger partial charge on any atom is 0.410 e. The highest BCUT2D eigenvalue weighted by atomic mass is 19.1. The monoisotopic (exact) mass is 351 g/mol. The Labute approximate surface area is 149 Å². The number of hydrogen-bond acceptors (Lipinski definition) is 4. The number of piperazine rings is 1. The van der Waals surface area contributed by atoms with E-state index in [0.29, 0.717) is 18.7 Å². The minimum atomic E-state index is -0.494. The summed E-state index contributed by atoms with van der Waals surface area (Å²) in [5, 5.41) is 0. The Balaban J connectivity index is 1.92. The molecule has 0 saturated carbocycles. The molecule has 2 N–H and O–H groups in total. The fourth-order valence-corrected chi connectivity index (χ4v) is 3.01. The lowest BCUT2D eigenvalue weighted by Gasteiger charge is -2.41. The molecule has 1 saturated heterocycles. The van der Waals surface area contributed by atoms with Crippen LogP contribution >= 0.6 is 0 Å². The molecular formula is C19H30FN3O2. The minimum absolute atomic E-state index is 0.0468. The van der Waals surface area contributed by atoms with Gasteiger partial charge in [0.1, 0.15) is 11.4 Å². The largest absolute Gasteiger partial charge is 0.444 e. The Hall–Kier alpha value is -1.66. The van der Waals surface area contributed by atoms with Crippen LogP contribution in [0.25, 0.3) is 0 Å². The van der Waals surface area contributed by atoms with Crippen molar-refractivity contribution in [2.45, 2.75) is 52.3 Å². The molecule has 1 unspecified atom stereocenters. The fraction of sp³-hybridized carbons (Fsp3) is 0.632. The van der Waals surface area contributed by atoms with Crippen molar-refractivity contribution in [3.05, 3.63) is 35.1 Å². The van der Waals surface area contributed by atoms with Crippen LogP contribution in [0.1, 0.15) is 44.9 Å².